The van der Waals surface area contributed by atoms with Gasteiger partial charge in [0.15, 0.2) is 17.5 Å². The predicted molar refractivity (Wildman–Crippen MR) is 60.2 cm³/mol. The third-order valence-electron chi connectivity index (χ3n) is 2.42. The Labute approximate surface area is 101 Å². The van der Waals surface area contributed by atoms with E-state index in [1.165, 1.54) is 29.1 Å². The molecular formula is C11H10F2N4O. The summed E-state index contributed by atoms with van der Waals surface area (Å²) in [6.45, 7) is 0.0369. The maximum atomic E-state index is 13.5. The van der Waals surface area contributed by atoms with Gasteiger partial charge in [-0.3, -0.25) is 0 Å². The molecule has 18 heavy (non-hydrogen) atoms. The molecule has 0 amide bonds. The Hall–Kier alpha value is -2.44. The second-order valence-electron chi connectivity index (χ2n) is 3.58. The highest BCUT2D eigenvalue weighted by Crippen LogP contribution is 2.13. The number of nitrogens with zero attached hydrogens (tertiary/aromatic N) is 3. The summed E-state index contributed by atoms with van der Waals surface area (Å²) in [6.07, 6.45) is 2.95. The van der Waals surface area contributed by atoms with Crippen LogP contribution in [0.25, 0.3) is 0 Å². The van der Waals surface area contributed by atoms with Crippen molar-refractivity contribution in [1.82, 2.24) is 9.55 Å². The lowest BCUT2D eigenvalue weighted by Gasteiger charge is -2.08. The molecule has 0 unspecified atom stereocenters. The van der Waals surface area contributed by atoms with Crippen LogP contribution in [0.2, 0.25) is 0 Å². The van der Waals surface area contributed by atoms with E-state index in [0.29, 0.717) is 0 Å². The molecule has 0 atom stereocenters. The Kier molecular flexibility index (Phi) is 3.22. The van der Waals surface area contributed by atoms with Crippen LogP contribution < -0.4 is 5.73 Å². The Morgan fingerprint density at radius 2 is 2.22 bits per heavy atom. The van der Waals surface area contributed by atoms with E-state index in [0.717, 1.165) is 6.07 Å². The molecule has 0 bridgehead atoms. The Bertz CT molecular complexity index is 594. The number of benzene rings is 1. The SMILES string of the molecule is NC(=NO)c1nccn1Cc1cccc(F)c1F. The first-order valence-corrected chi connectivity index (χ1v) is 5.05. The van der Waals surface area contributed by atoms with Gasteiger partial charge in [0.2, 0.25) is 5.84 Å². The monoisotopic (exact) mass is 252 g/mol. The molecule has 0 radical (unpaired) electrons. The quantitative estimate of drug-likeness (QED) is 0.374. The van der Waals surface area contributed by atoms with E-state index >= 15 is 0 Å². The number of nitrogens with two attached hydrogens (primary N) is 1. The summed E-state index contributed by atoms with van der Waals surface area (Å²) in [5.41, 5.74) is 5.56. The first-order valence-electron chi connectivity index (χ1n) is 5.05. The molecule has 0 saturated carbocycles. The number of oxime groups is 1. The lowest BCUT2D eigenvalue weighted by Crippen LogP contribution is -2.20. The van der Waals surface area contributed by atoms with Crippen molar-refractivity contribution in [2.75, 3.05) is 0 Å². The molecule has 1 aromatic carbocycles. The molecule has 0 aliphatic rings. The van der Waals surface area contributed by atoms with Crippen molar-refractivity contribution in [3.05, 3.63) is 53.6 Å². The van der Waals surface area contributed by atoms with Crippen molar-refractivity contribution in [3.63, 3.8) is 0 Å². The molecule has 7 heteroatoms. The van der Waals surface area contributed by atoms with Gasteiger partial charge >= 0.3 is 0 Å². The minimum atomic E-state index is -0.920. The number of halogens is 2. The molecule has 1 aromatic heterocycles. The summed E-state index contributed by atoms with van der Waals surface area (Å²) in [4.78, 5) is 3.87. The van der Waals surface area contributed by atoms with Gasteiger partial charge in [-0.25, -0.2) is 13.8 Å². The summed E-state index contributed by atoms with van der Waals surface area (Å²) < 4.78 is 28.0. The van der Waals surface area contributed by atoms with Crippen LogP contribution in [-0.2, 0) is 6.54 Å². The first kappa shape index (κ1) is 12.0. The lowest BCUT2D eigenvalue weighted by molar-refractivity contribution is 0.318. The fourth-order valence-electron chi connectivity index (χ4n) is 1.57. The van der Waals surface area contributed by atoms with Gasteiger partial charge in [-0.2, -0.15) is 0 Å². The van der Waals surface area contributed by atoms with E-state index in [4.69, 9.17) is 10.9 Å². The van der Waals surface area contributed by atoms with Crippen LogP contribution in [0.15, 0.2) is 35.7 Å². The molecule has 0 aliphatic heterocycles. The normalized spacial score (nSPS) is 11.8. The number of imidazole rings is 1. The van der Waals surface area contributed by atoms with Gasteiger partial charge in [0.05, 0.1) is 6.54 Å². The highest BCUT2D eigenvalue weighted by molar-refractivity contribution is 5.93. The summed E-state index contributed by atoms with van der Waals surface area (Å²) in [7, 11) is 0. The Balaban J connectivity index is 2.35. The number of hydrogen-bond donors (Lipinski definition) is 2. The van der Waals surface area contributed by atoms with Gasteiger partial charge in [0, 0.05) is 18.0 Å². The molecule has 5 nitrogen and oxygen atoms in total. The standard InChI is InChI=1S/C11H10F2N4O/c12-8-3-1-2-7(9(8)13)6-17-5-4-15-11(17)10(14)16-18/h1-5,18H,6H2,(H2,14,16). The average Bonchev–Trinajstić information content (AvgIpc) is 2.82. The summed E-state index contributed by atoms with van der Waals surface area (Å²) in [5, 5.41) is 11.4. The highest BCUT2D eigenvalue weighted by atomic mass is 19.2. The van der Waals surface area contributed by atoms with Crippen LogP contribution in [-0.4, -0.2) is 20.6 Å². The molecule has 0 aliphatic carbocycles. The topological polar surface area (TPSA) is 76.4 Å². The predicted octanol–water partition coefficient (Wildman–Crippen LogP) is 1.30. The smallest absolute Gasteiger partial charge is 0.206 e. The summed E-state index contributed by atoms with van der Waals surface area (Å²) >= 11 is 0. The van der Waals surface area contributed by atoms with Crippen LogP contribution >= 0.6 is 0 Å². The lowest BCUT2D eigenvalue weighted by atomic mass is 10.2. The van der Waals surface area contributed by atoms with Crippen molar-refractivity contribution in [1.29, 1.82) is 0 Å². The van der Waals surface area contributed by atoms with Crippen molar-refractivity contribution >= 4 is 5.84 Å². The van der Waals surface area contributed by atoms with Gasteiger partial charge in [-0.05, 0) is 6.07 Å². The van der Waals surface area contributed by atoms with E-state index in [-0.39, 0.29) is 23.8 Å². The molecule has 0 saturated heterocycles. The van der Waals surface area contributed by atoms with Gasteiger partial charge in [0.25, 0.3) is 0 Å². The molecular weight excluding hydrogens is 242 g/mol. The van der Waals surface area contributed by atoms with Crippen LogP contribution in [0, 0.1) is 11.6 Å². The zero-order valence-corrected chi connectivity index (χ0v) is 9.22. The van der Waals surface area contributed by atoms with Crippen molar-refractivity contribution in [2.45, 2.75) is 6.54 Å². The van der Waals surface area contributed by atoms with Crippen molar-refractivity contribution < 1.29 is 14.0 Å². The summed E-state index contributed by atoms with van der Waals surface area (Å²) in [5.74, 6) is -1.85. The molecule has 1 heterocycles. The molecule has 0 spiro atoms. The van der Waals surface area contributed by atoms with Crippen molar-refractivity contribution in [3.8, 4) is 0 Å². The van der Waals surface area contributed by atoms with Gasteiger partial charge in [-0.15, -0.1) is 0 Å². The first-order chi connectivity index (χ1) is 8.63. The number of hydrogen-bond acceptors (Lipinski definition) is 3. The van der Waals surface area contributed by atoms with E-state index < -0.39 is 11.6 Å². The average molecular weight is 252 g/mol. The fourth-order valence-corrected chi connectivity index (χ4v) is 1.57. The molecule has 0 fully saturated rings. The maximum absolute atomic E-state index is 13.5. The second kappa shape index (κ2) is 4.82. The summed E-state index contributed by atoms with van der Waals surface area (Å²) in [6, 6.07) is 3.90. The largest absolute Gasteiger partial charge is 0.409 e. The number of rotatable bonds is 3. The third-order valence-corrected chi connectivity index (χ3v) is 2.42. The van der Waals surface area contributed by atoms with E-state index in [2.05, 4.69) is 10.1 Å². The number of aromatic nitrogens is 2. The Morgan fingerprint density at radius 1 is 1.44 bits per heavy atom. The zero-order valence-electron chi connectivity index (χ0n) is 9.22. The van der Waals surface area contributed by atoms with Crippen molar-refractivity contribution in [2.24, 2.45) is 10.9 Å². The van der Waals surface area contributed by atoms with E-state index in [9.17, 15) is 8.78 Å². The van der Waals surface area contributed by atoms with Crippen LogP contribution in [0.1, 0.15) is 11.4 Å². The van der Waals surface area contributed by atoms with Gasteiger partial charge in [-0.1, -0.05) is 17.3 Å². The highest BCUT2D eigenvalue weighted by Gasteiger charge is 2.12. The third kappa shape index (κ3) is 2.15. The Morgan fingerprint density at radius 3 is 2.94 bits per heavy atom. The fraction of sp³-hybridized carbons (Fsp3) is 0.0909. The minimum absolute atomic E-state index is 0.0369. The zero-order chi connectivity index (χ0) is 13.1. The van der Waals surface area contributed by atoms with E-state index in [1.807, 2.05) is 0 Å². The van der Waals surface area contributed by atoms with Crippen LogP contribution in [0.5, 0.6) is 0 Å². The molecule has 2 rings (SSSR count). The van der Waals surface area contributed by atoms with Gasteiger partial charge < -0.3 is 15.5 Å². The second-order valence-corrected chi connectivity index (χ2v) is 3.58. The molecule has 94 valence electrons. The molecule has 3 N–H and O–H groups in total. The minimum Gasteiger partial charge on any atom is -0.409 e. The van der Waals surface area contributed by atoms with Crippen LogP contribution in [0.3, 0.4) is 0 Å². The maximum Gasteiger partial charge on any atom is 0.206 e. The van der Waals surface area contributed by atoms with Gasteiger partial charge in [0.1, 0.15) is 0 Å². The van der Waals surface area contributed by atoms with E-state index in [1.54, 1.807) is 0 Å². The van der Waals surface area contributed by atoms with Crippen LogP contribution in [0.4, 0.5) is 8.78 Å². The number of amidine groups is 1. The molecule has 2 aromatic rings.